The quantitative estimate of drug-likeness (QED) is 0.623. The number of aliphatic imine (C=N–C) groups is 1. The van der Waals surface area contributed by atoms with E-state index in [9.17, 15) is 0 Å². The molecule has 0 N–H and O–H groups in total. The molecular formula is C25H29N3. The van der Waals surface area contributed by atoms with Gasteiger partial charge < -0.3 is 4.90 Å². The Morgan fingerprint density at radius 2 is 1.82 bits per heavy atom. The number of hydrogen-bond donors (Lipinski definition) is 0. The van der Waals surface area contributed by atoms with Crippen molar-refractivity contribution in [1.82, 2.24) is 0 Å². The molecule has 1 atom stereocenters. The van der Waals surface area contributed by atoms with E-state index in [1.165, 1.54) is 28.1 Å². The molecule has 0 saturated heterocycles. The Balaban J connectivity index is 1.80. The molecule has 0 radical (unpaired) electrons. The number of rotatable bonds is 4. The molecule has 1 aliphatic rings. The predicted molar refractivity (Wildman–Crippen MR) is 118 cm³/mol. The van der Waals surface area contributed by atoms with Crippen LogP contribution in [0.5, 0.6) is 0 Å². The molecule has 3 heteroatoms. The van der Waals surface area contributed by atoms with Crippen molar-refractivity contribution in [3.8, 4) is 6.07 Å². The number of anilines is 1. The number of allylic oxidation sites excluding steroid dienone is 1. The summed E-state index contributed by atoms with van der Waals surface area (Å²) in [6, 6.07) is 17.3. The number of aryl methyl sites for hydroxylation is 2. The first-order valence-electron chi connectivity index (χ1n) is 9.93. The molecule has 0 bridgehead atoms. The van der Waals surface area contributed by atoms with Crippen LogP contribution in [-0.2, 0) is 0 Å². The first kappa shape index (κ1) is 19.9. The topological polar surface area (TPSA) is 39.4 Å². The van der Waals surface area contributed by atoms with Gasteiger partial charge in [0.05, 0.1) is 11.6 Å². The Kier molecular flexibility index (Phi) is 5.99. The van der Waals surface area contributed by atoms with Gasteiger partial charge in [-0.05, 0) is 69.9 Å². The van der Waals surface area contributed by atoms with Crippen LogP contribution >= 0.6 is 0 Å². The van der Waals surface area contributed by atoms with E-state index >= 15 is 0 Å². The second-order valence-corrected chi connectivity index (χ2v) is 7.91. The van der Waals surface area contributed by atoms with Crippen molar-refractivity contribution in [3.05, 3.63) is 76.0 Å². The molecule has 2 aromatic rings. The van der Waals surface area contributed by atoms with E-state index < -0.39 is 0 Å². The normalized spacial score (nSPS) is 17.4. The summed E-state index contributed by atoms with van der Waals surface area (Å²) in [4.78, 5) is 7.36. The molecule has 0 spiro atoms. The summed E-state index contributed by atoms with van der Waals surface area (Å²) in [6.45, 7) is 8.42. The van der Waals surface area contributed by atoms with Crippen LogP contribution in [0, 0.1) is 25.2 Å². The van der Waals surface area contributed by atoms with Crippen molar-refractivity contribution < 1.29 is 0 Å². The third kappa shape index (κ3) is 4.34. The summed E-state index contributed by atoms with van der Waals surface area (Å²) in [5, 5.41) is 9.17. The summed E-state index contributed by atoms with van der Waals surface area (Å²) in [5.41, 5.74) is 9.08. The van der Waals surface area contributed by atoms with Gasteiger partial charge in [0.25, 0.3) is 0 Å². The van der Waals surface area contributed by atoms with E-state index in [2.05, 4.69) is 75.2 Å². The number of benzene rings is 2. The fraction of sp³-hybridized carbons (Fsp3) is 0.360. The minimum absolute atomic E-state index is 0.417. The van der Waals surface area contributed by atoms with Crippen LogP contribution in [0.25, 0.3) is 0 Å². The lowest BCUT2D eigenvalue weighted by atomic mass is 9.91. The van der Waals surface area contributed by atoms with E-state index in [0.717, 1.165) is 36.1 Å². The number of nitriles is 1. The third-order valence-electron chi connectivity index (χ3n) is 5.83. The SMILES string of the molecule is CC1=C(/N=C(\C)c2ccc(C)cc2)C[C@H](N(C)c2ccc(C#N)c(C)c2)CC1. The van der Waals surface area contributed by atoms with Crippen LogP contribution in [0.15, 0.2) is 58.7 Å². The lowest BCUT2D eigenvalue weighted by Gasteiger charge is -2.34. The zero-order valence-electron chi connectivity index (χ0n) is 17.6. The molecule has 144 valence electrons. The second-order valence-electron chi connectivity index (χ2n) is 7.91. The number of hydrogen-bond acceptors (Lipinski definition) is 3. The zero-order valence-corrected chi connectivity index (χ0v) is 17.6. The molecular weight excluding hydrogens is 342 g/mol. The van der Waals surface area contributed by atoms with E-state index in [4.69, 9.17) is 10.3 Å². The molecule has 0 saturated carbocycles. The van der Waals surface area contributed by atoms with Crippen molar-refractivity contribution >= 4 is 11.4 Å². The summed E-state index contributed by atoms with van der Waals surface area (Å²) >= 11 is 0. The first-order valence-corrected chi connectivity index (χ1v) is 9.93. The average Bonchev–Trinajstić information content (AvgIpc) is 2.69. The maximum atomic E-state index is 9.17. The molecule has 0 unspecified atom stereocenters. The highest BCUT2D eigenvalue weighted by atomic mass is 15.1. The van der Waals surface area contributed by atoms with Crippen molar-refractivity contribution in [2.24, 2.45) is 4.99 Å². The van der Waals surface area contributed by atoms with Gasteiger partial charge in [0.1, 0.15) is 0 Å². The lowest BCUT2D eigenvalue weighted by Crippen LogP contribution is -2.34. The minimum atomic E-state index is 0.417. The molecule has 3 rings (SSSR count). The van der Waals surface area contributed by atoms with Gasteiger partial charge >= 0.3 is 0 Å². The molecule has 0 amide bonds. The minimum Gasteiger partial charge on any atom is -0.371 e. The van der Waals surface area contributed by atoms with Gasteiger partial charge in [0, 0.05) is 36.6 Å². The Bertz CT molecular complexity index is 958. The summed E-state index contributed by atoms with van der Waals surface area (Å²) in [6.07, 6.45) is 3.15. The van der Waals surface area contributed by atoms with Crippen LogP contribution in [-0.4, -0.2) is 18.8 Å². The monoisotopic (exact) mass is 371 g/mol. The summed E-state index contributed by atoms with van der Waals surface area (Å²) in [7, 11) is 2.15. The zero-order chi connectivity index (χ0) is 20.3. The molecule has 1 aliphatic carbocycles. The predicted octanol–water partition coefficient (Wildman–Crippen LogP) is 5.95. The molecule has 2 aromatic carbocycles. The molecule has 3 nitrogen and oxygen atoms in total. The lowest BCUT2D eigenvalue weighted by molar-refractivity contribution is 0.539. The van der Waals surface area contributed by atoms with Crippen molar-refractivity contribution in [2.45, 2.75) is 53.0 Å². The van der Waals surface area contributed by atoms with Gasteiger partial charge in [-0.15, -0.1) is 0 Å². The molecule has 28 heavy (non-hydrogen) atoms. The van der Waals surface area contributed by atoms with Gasteiger partial charge in [0.15, 0.2) is 0 Å². The first-order chi connectivity index (χ1) is 13.4. The van der Waals surface area contributed by atoms with Crippen molar-refractivity contribution in [2.75, 3.05) is 11.9 Å². The van der Waals surface area contributed by atoms with Crippen molar-refractivity contribution in [1.29, 1.82) is 5.26 Å². The molecule has 0 aliphatic heterocycles. The fourth-order valence-corrected chi connectivity index (χ4v) is 3.76. The van der Waals surface area contributed by atoms with Gasteiger partial charge in [0.2, 0.25) is 0 Å². The second kappa shape index (κ2) is 8.44. The maximum Gasteiger partial charge on any atom is 0.0994 e. The number of nitrogens with zero attached hydrogens (tertiary/aromatic N) is 3. The van der Waals surface area contributed by atoms with Crippen LogP contribution in [0.4, 0.5) is 5.69 Å². The highest BCUT2D eigenvalue weighted by molar-refractivity contribution is 5.99. The van der Waals surface area contributed by atoms with E-state index in [1.54, 1.807) is 0 Å². The molecule has 0 aromatic heterocycles. The van der Waals surface area contributed by atoms with Gasteiger partial charge in [-0.2, -0.15) is 5.26 Å². The Labute approximate surface area is 169 Å². The van der Waals surface area contributed by atoms with E-state index in [1.807, 2.05) is 13.0 Å². The van der Waals surface area contributed by atoms with Crippen LogP contribution in [0.1, 0.15) is 55.4 Å². The van der Waals surface area contributed by atoms with Crippen LogP contribution in [0.3, 0.4) is 0 Å². The van der Waals surface area contributed by atoms with Crippen LogP contribution in [0.2, 0.25) is 0 Å². The van der Waals surface area contributed by atoms with E-state index in [-0.39, 0.29) is 0 Å². The molecule has 0 heterocycles. The van der Waals surface area contributed by atoms with Crippen LogP contribution < -0.4 is 4.90 Å². The highest BCUT2D eigenvalue weighted by Gasteiger charge is 2.23. The Hall–Kier alpha value is -2.86. The molecule has 0 fully saturated rings. The summed E-state index contributed by atoms with van der Waals surface area (Å²) < 4.78 is 0. The largest absolute Gasteiger partial charge is 0.371 e. The third-order valence-corrected chi connectivity index (χ3v) is 5.83. The summed E-state index contributed by atoms with van der Waals surface area (Å²) in [5.74, 6) is 0. The maximum absolute atomic E-state index is 9.17. The van der Waals surface area contributed by atoms with Gasteiger partial charge in [-0.3, -0.25) is 4.99 Å². The smallest absolute Gasteiger partial charge is 0.0994 e. The van der Waals surface area contributed by atoms with Crippen molar-refractivity contribution in [3.63, 3.8) is 0 Å². The Morgan fingerprint density at radius 1 is 1.11 bits per heavy atom. The van der Waals surface area contributed by atoms with Gasteiger partial charge in [-0.1, -0.05) is 35.4 Å². The average molecular weight is 372 g/mol. The Morgan fingerprint density at radius 3 is 2.46 bits per heavy atom. The standard InChI is InChI=1S/C25H29N3/c1-17-6-9-21(10-7-17)20(4)27-25-15-24(12-8-18(25)2)28(5)23-13-11-22(16-26)19(3)14-23/h6-7,9-11,13-14,24H,8,12,15H2,1-5H3/b27-20+/t24-/m1/s1. The highest BCUT2D eigenvalue weighted by Crippen LogP contribution is 2.32. The van der Waals surface area contributed by atoms with E-state index in [0.29, 0.717) is 6.04 Å². The van der Waals surface area contributed by atoms with Gasteiger partial charge in [-0.25, -0.2) is 0 Å². The fourth-order valence-electron chi connectivity index (χ4n) is 3.76.